The maximum Gasteiger partial charge on any atom is 0.223 e. The third kappa shape index (κ3) is 1.51. The van der Waals surface area contributed by atoms with E-state index in [9.17, 15) is 5.11 Å². The molecular weight excluding hydrogens is 200 g/mol. The minimum Gasteiger partial charge on any atom is -0.508 e. The van der Waals surface area contributed by atoms with E-state index in [2.05, 4.69) is 9.97 Å². The molecule has 3 nitrogen and oxygen atoms in total. The number of rotatable bonds is 1. The molecule has 0 aliphatic rings. The second kappa shape index (κ2) is 3.42. The van der Waals surface area contributed by atoms with Crippen molar-refractivity contribution in [3.05, 3.63) is 29.2 Å². The van der Waals surface area contributed by atoms with E-state index in [1.165, 1.54) is 0 Å². The Morgan fingerprint density at radius 1 is 1.36 bits per heavy atom. The van der Waals surface area contributed by atoms with Gasteiger partial charge < -0.3 is 5.11 Å². The average molecular weight is 209 g/mol. The highest BCUT2D eigenvalue weighted by atomic mass is 35.5. The lowest BCUT2D eigenvalue weighted by molar-refractivity contribution is 0.476. The van der Waals surface area contributed by atoms with Gasteiger partial charge in [-0.25, -0.2) is 9.97 Å². The summed E-state index contributed by atoms with van der Waals surface area (Å²) in [6, 6.07) is 5.01. The molecule has 72 valence electrons. The number of aromatic hydroxyl groups is 1. The van der Waals surface area contributed by atoms with Crippen molar-refractivity contribution in [2.75, 3.05) is 0 Å². The molecule has 1 aromatic heterocycles. The van der Waals surface area contributed by atoms with Crippen molar-refractivity contribution >= 4 is 22.5 Å². The van der Waals surface area contributed by atoms with Gasteiger partial charge in [0.05, 0.1) is 11.2 Å². The Morgan fingerprint density at radius 3 is 2.86 bits per heavy atom. The van der Waals surface area contributed by atoms with Crippen molar-refractivity contribution in [3.63, 3.8) is 0 Å². The number of hydrogen-bond donors (Lipinski definition) is 1. The van der Waals surface area contributed by atoms with Crippen LogP contribution >= 0.6 is 11.6 Å². The number of halogens is 1. The van der Waals surface area contributed by atoms with Gasteiger partial charge in [-0.1, -0.05) is 6.92 Å². The maximum absolute atomic E-state index is 9.28. The first-order valence-corrected chi connectivity index (χ1v) is 4.73. The van der Waals surface area contributed by atoms with Gasteiger partial charge in [-0.3, -0.25) is 0 Å². The van der Waals surface area contributed by atoms with Gasteiger partial charge in [-0.05, 0) is 30.2 Å². The molecule has 2 rings (SSSR count). The Kier molecular flexibility index (Phi) is 2.25. The van der Waals surface area contributed by atoms with Crippen LogP contribution in [0.2, 0.25) is 5.28 Å². The summed E-state index contributed by atoms with van der Waals surface area (Å²) in [7, 11) is 0. The number of aromatic nitrogens is 2. The first kappa shape index (κ1) is 9.21. The minimum atomic E-state index is 0.189. The molecule has 0 aliphatic carbocycles. The van der Waals surface area contributed by atoms with Crippen LogP contribution in [-0.2, 0) is 6.42 Å². The van der Waals surface area contributed by atoms with Crippen LogP contribution in [-0.4, -0.2) is 15.1 Å². The Morgan fingerprint density at radius 2 is 2.14 bits per heavy atom. The highest BCUT2D eigenvalue weighted by Crippen LogP contribution is 2.22. The van der Waals surface area contributed by atoms with Crippen LogP contribution in [0.15, 0.2) is 18.2 Å². The van der Waals surface area contributed by atoms with Crippen LogP contribution in [0, 0.1) is 0 Å². The summed E-state index contributed by atoms with van der Waals surface area (Å²) >= 11 is 5.75. The van der Waals surface area contributed by atoms with Gasteiger partial charge in [0.15, 0.2) is 0 Å². The summed E-state index contributed by atoms with van der Waals surface area (Å²) < 4.78 is 0. The number of fused-ring (bicyclic) bond motifs is 1. The second-order valence-electron chi connectivity index (χ2n) is 2.99. The smallest absolute Gasteiger partial charge is 0.223 e. The fraction of sp³-hybridized carbons (Fsp3) is 0.200. The van der Waals surface area contributed by atoms with Gasteiger partial charge in [0.2, 0.25) is 5.28 Å². The number of phenols is 1. The fourth-order valence-corrected chi connectivity index (χ4v) is 1.62. The zero-order valence-electron chi connectivity index (χ0n) is 7.66. The summed E-state index contributed by atoms with van der Waals surface area (Å²) in [6.07, 6.45) is 0.795. The highest BCUT2D eigenvalue weighted by molar-refractivity contribution is 6.28. The Hall–Kier alpha value is -1.35. The number of nitrogens with zero attached hydrogens (tertiary/aromatic N) is 2. The van der Waals surface area contributed by atoms with Crippen molar-refractivity contribution < 1.29 is 5.11 Å². The van der Waals surface area contributed by atoms with Crippen LogP contribution in [0.1, 0.15) is 12.6 Å². The fourth-order valence-electron chi connectivity index (χ4n) is 1.42. The van der Waals surface area contributed by atoms with Crippen molar-refractivity contribution in [3.8, 4) is 5.75 Å². The molecule has 0 fully saturated rings. The molecule has 0 atom stereocenters. The molecule has 4 heteroatoms. The van der Waals surface area contributed by atoms with Gasteiger partial charge in [-0.2, -0.15) is 0 Å². The Balaban J connectivity index is 2.81. The predicted octanol–water partition coefficient (Wildman–Crippen LogP) is 2.55. The molecular formula is C10H9ClN2O. The van der Waals surface area contributed by atoms with Crippen molar-refractivity contribution in [1.82, 2.24) is 9.97 Å². The number of phenolic OH excluding ortho intramolecular Hbond substituents is 1. The summed E-state index contributed by atoms with van der Waals surface area (Å²) in [5.74, 6) is 0.189. The van der Waals surface area contributed by atoms with Crippen LogP contribution < -0.4 is 0 Å². The molecule has 14 heavy (non-hydrogen) atoms. The molecule has 0 unspecified atom stereocenters. The van der Waals surface area contributed by atoms with Crippen LogP contribution in [0.5, 0.6) is 5.75 Å². The van der Waals surface area contributed by atoms with Crippen LogP contribution in [0.4, 0.5) is 0 Å². The molecule has 0 saturated carbocycles. The molecule has 1 heterocycles. The van der Waals surface area contributed by atoms with E-state index in [0.717, 1.165) is 17.5 Å². The topological polar surface area (TPSA) is 46.0 Å². The lowest BCUT2D eigenvalue weighted by Gasteiger charge is -2.03. The van der Waals surface area contributed by atoms with E-state index in [1.54, 1.807) is 18.2 Å². The Labute approximate surface area is 86.4 Å². The maximum atomic E-state index is 9.28. The molecule has 1 N–H and O–H groups in total. The van der Waals surface area contributed by atoms with E-state index in [1.807, 2.05) is 6.92 Å². The molecule has 2 aromatic rings. The number of benzene rings is 1. The van der Waals surface area contributed by atoms with E-state index in [-0.39, 0.29) is 11.0 Å². The summed E-state index contributed by atoms with van der Waals surface area (Å²) in [5, 5.41) is 10.4. The standard InChI is InChI=1S/C10H9ClN2O/c1-2-8-7-4-3-6(14)5-9(7)13-10(11)12-8/h3-5,14H,2H2,1H3. The monoisotopic (exact) mass is 208 g/mol. The van der Waals surface area contributed by atoms with E-state index < -0.39 is 0 Å². The molecule has 0 saturated heterocycles. The predicted molar refractivity (Wildman–Crippen MR) is 55.6 cm³/mol. The average Bonchev–Trinajstić information content (AvgIpc) is 2.15. The normalized spacial score (nSPS) is 10.7. The molecule has 0 spiro atoms. The Bertz CT molecular complexity index is 480. The molecule has 0 bridgehead atoms. The summed E-state index contributed by atoms with van der Waals surface area (Å²) in [6.45, 7) is 2.00. The van der Waals surface area contributed by atoms with E-state index in [0.29, 0.717) is 5.52 Å². The molecule has 1 aromatic carbocycles. The van der Waals surface area contributed by atoms with Crippen molar-refractivity contribution in [2.24, 2.45) is 0 Å². The van der Waals surface area contributed by atoms with Gasteiger partial charge in [0.25, 0.3) is 0 Å². The third-order valence-corrected chi connectivity index (χ3v) is 2.24. The third-order valence-electron chi connectivity index (χ3n) is 2.07. The first-order valence-electron chi connectivity index (χ1n) is 4.36. The largest absolute Gasteiger partial charge is 0.508 e. The molecule has 0 amide bonds. The zero-order valence-corrected chi connectivity index (χ0v) is 8.41. The zero-order chi connectivity index (χ0) is 10.1. The van der Waals surface area contributed by atoms with Crippen LogP contribution in [0.25, 0.3) is 10.9 Å². The summed E-state index contributed by atoms with van der Waals surface area (Å²) in [5.41, 5.74) is 1.59. The molecule has 0 aliphatic heterocycles. The van der Waals surface area contributed by atoms with E-state index >= 15 is 0 Å². The van der Waals surface area contributed by atoms with Gasteiger partial charge in [-0.15, -0.1) is 0 Å². The van der Waals surface area contributed by atoms with Crippen molar-refractivity contribution in [2.45, 2.75) is 13.3 Å². The minimum absolute atomic E-state index is 0.189. The first-order chi connectivity index (χ1) is 6.70. The van der Waals surface area contributed by atoms with E-state index in [4.69, 9.17) is 11.6 Å². The van der Waals surface area contributed by atoms with Gasteiger partial charge in [0.1, 0.15) is 5.75 Å². The number of hydrogen-bond acceptors (Lipinski definition) is 3. The number of aryl methyl sites for hydroxylation is 1. The van der Waals surface area contributed by atoms with Crippen molar-refractivity contribution in [1.29, 1.82) is 0 Å². The lowest BCUT2D eigenvalue weighted by Crippen LogP contribution is -1.93. The SMILES string of the molecule is CCc1nc(Cl)nc2cc(O)ccc12. The summed E-state index contributed by atoms with van der Waals surface area (Å²) in [4.78, 5) is 8.16. The highest BCUT2D eigenvalue weighted by Gasteiger charge is 2.05. The second-order valence-corrected chi connectivity index (χ2v) is 3.33. The molecule has 0 radical (unpaired) electrons. The van der Waals surface area contributed by atoms with Crippen LogP contribution in [0.3, 0.4) is 0 Å². The quantitative estimate of drug-likeness (QED) is 0.733. The van der Waals surface area contributed by atoms with Gasteiger partial charge in [0, 0.05) is 11.5 Å². The van der Waals surface area contributed by atoms with Gasteiger partial charge >= 0.3 is 0 Å². The lowest BCUT2D eigenvalue weighted by atomic mass is 10.1.